The van der Waals surface area contributed by atoms with Gasteiger partial charge in [0.25, 0.3) is 0 Å². The molecule has 0 bridgehead atoms. The predicted octanol–water partition coefficient (Wildman–Crippen LogP) is 3.94. The zero-order chi connectivity index (χ0) is 13.8. The normalized spacial score (nSPS) is 23.8. The first kappa shape index (κ1) is 15.1. The summed E-state index contributed by atoms with van der Waals surface area (Å²) in [6.45, 7) is 6.00. The highest BCUT2D eigenvalue weighted by atomic mass is 35.5. The van der Waals surface area contributed by atoms with Gasteiger partial charge in [0.2, 0.25) is 0 Å². The van der Waals surface area contributed by atoms with Gasteiger partial charge in [-0.25, -0.2) is 0 Å². The monoisotopic (exact) mass is 301 g/mol. The van der Waals surface area contributed by atoms with Crippen LogP contribution >= 0.6 is 23.2 Å². The average Bonchev–Trinajstić information content (AvgIpc) is 2.34. The molecule has 4 heteroatoms. The maximum atomic E-state index is 6.26. The van der Waals surface area contributed by atoms with Crippen LogP contribution in [0.3, 0.4) is 0 Å². The highest BCUT2D eigenvalue weighted by molar-refractivity contribution is 6.35. The molecule has 106 valence electrons. The summed E-state index contributed by atoms with van der Waals surface area (Å²) in [6, 6.07) is 6.72. The van der Waals surface area contributed by atoms with E-state index in [9.17, 15) is 0 Å². The number of halogens is 2. The first-order valence-electron chi connectivity index (χ1n) is 6.84. The van der Waals surface area contributed by atoms with Crippen LogP contribution < -0.4 is 5.32 Å². The van der Waals surface area contributed by atoms with E-state index in [2.05, 4.69) is 19.2 Å². The van der Waals surface area contributed by atoms with E-state index in [1.165, 1.54) is 0 Å². The summed E-state index contributed by atoms with van der Waals surface area (Å²) in [5, 5.41) is 5.07. The van der Waals surface area contributed by atoms with Crippen LogP contribution in [0.5, 0.6) is 0 Å². The predicted molar refractivity (Wildman–Crippen MR) is 81.2 cm³/mol. The van der Waals surface area contributed by atoms with Crippen LogP contribution in [-0.4, -0.2) is 25.3 Å². The Morgan fingerprint density at radius 2 is 2.16 bits per heavy atom. The van der Waals surface area contributed by atoms with Gasteiger partial charge in [-0.1, -0.05) is 43.1 Å². The second kappa shape index (κ2) is 6.94. The molecule has 1 heterocycles. The Morgan fingerprint density at radius 3 is 2.84 bits per heavy atom. The standard InChI is InChI=1S/C15H21Cl2NO/c1-10(2)18-15-5-6-19-9-12(15)7-11-3-4-13(16)8-14(11)17/h3-4,8,10,12,15,18H,5-7,9H2,1-2H3/t12-,15-/m0/s1. The lowest BCUT2D eigenvalue weighted by atomic mass is 9.89. The molecule has 1 aliphatic rings. The van der Waals surface area contributed by atoms with Crippen LogP contribution in [0.2, 0.25) is 10.0 Å². The van der Waals surface area contributed by atoms with Crippen molar-refractivity contribution < 1.29 is 4.74 Å². The highest BCUT2D eigenvalue weighted by Gasteiger charge is 2.26. The van der Waals surface area contributed by atoms with E-state index >= 15 is 0 Å². The SMILES string of the molecule is CC(C)N[C@H]1CCOC[C@@H]1Cc1ccc(Cl)cc1Cl. The highest BCUT2D eigenvalue weighted by Crippen LogP contribution is 2.26. The fourth-order valence-electron chi connectivity index (χ4n) is 2.62. The molecule has 0 aliphatic carbocycles. The van der Waals surface area contributed by atoms with Gasteiger partial charge in [0.1, 0.15) is 0 Å². The molecular weight excluding hydrogens is 281 g/mol. The number of nitrogens with one attached hydrogen (secondary N) is 1. The van der Waals surface area contributed by atoms with Gasteiger partial charge in [-0.3, -0.25) is 0 Å². The summed E-state index contributed by atoms with van der Waals surface area (Å²) in [5.74, 6) is 0.467. The van der Waals surface area contributed by atoms with Crippen LogP contribution in [0.15, 0.2) is 18.2 Å². The van der Waals surface area contributed by atoms with E-state index < -0.39 is 0 Å². The van der Waals surface area contributed by atoms with Crippen LogP contribution in [0.4, 0.5) is 0 Å². The Bertz CT molecular complexity index is 423. The average molecular weight is 302 g/mol. The maximum Gasteiger partial charge on any atom is 0.0512 e. The second-order valence-electron chi connectivity index (χ2n) is 5.49. The summed E-state index contributed by atoms with van der Waals surface area (Å²) < 4.78 is 5.62. The minimum atomic E-state index is 0.467. The summed E-state index contributed by atoms with van der Waals surface area (Å²) in [7, 11) is 0. The van der Waals surface area contributed by atoms with Crippen molar-refractivity contribution in [2.75, 3.05) is 13.2 Å². The third-order valence-electron chi connectivity index (χ3n) is 3.52. The zero-order valence-corrected chi connectivity index (χ0v) is 13.0. The minimum Gasteiger partial charge on any atom is -0.381 e. The summed E-state index contributed by atoms with van der Waals surface area (Å²) in [4.78, 5) is 0. The Balaban J connectivity index is 2.06. The topological polar surface area (TPSA) is 21.3 Å². The van der Waals surface area contributed by atoms with E-state index in [1.807, 2.05) is 18.2 Å². The number of rotatable bonds is 4. The molecule has 0 amide bonds. The van der Waals surface area contributed by atoms with Crippen molar-refractivity contribution in [3.63, 3.8) is 0 Å². The number of hydrogen-bond donors (Lipinski definition) is 1. The van der Waals surface area contributed by atoms with Crippen molar-refractivity contribution in [2.45, 2.75) is 38.8 Å². The molecule has 2 rings (SSSR count). The smallest absolute Gasteiger partial charge is 0.0512 e. The lowest BCUT2D eigenvalue weighted by Gasteiger charge is -2.34. The fraction of sp³-hybridized carbons (Fsp3) is 0.600. The van der Waals surface area contributed by atoms with E-state index in [0.29, 0.717) is 23.0 Å². The number of ether oxygens (including phenoxy) is 1. The molecule has 1 fully saturated rings. The van der Waals surface area contributed by atoms with Gasteiger partial charge in [0, 0.05) is 34.7 Å². The fourth-order valence-corrected chi connectivity index (χ4v) is 3.10. The van der Waals surface area contributed by atoms with Gasteiger partial charge >= 0.3 is 0 Å². The second-order valence-corrected chi connectivity index (χ2v) is 6.34. The molecule has 0 spiro atoms. The first-order chi connectivity index (χ1) is 9.06. The van der Waals surface area contributed by atoms with E-state index in [-0.39, 0.29) is 0 Å². The van der Waals surface area contributed by atoms with Crippen molar-refractivity contribution in [3.8, 4) is 0 Å². The van der Waals surface area contributed by atoms with Crippen molar-refractivity contribution in [1.29, 1.82) is 0 Å². The zero-order valence-electron chi connectivity index (χ0n) is 11.5. The molecule has 0 saturated carbocycles. The third-order valence-corrected chi connectivity index (χ3v) is 4.11. The van der Waals surface area contributed by atoms with Crippen molar-refractivity contribution in [2.24, 2.45) is 5.92 Å². The van der Waals surface area contributed by atoms with Gasteiger partial charge in [-0.05, 0) is 30.5 Å². The third kappa shape index (κ3) is 4.35. The van der Waals surface area contributed by atoms with E-state index in [0.717, 1.165) is 36.6 Å². The Hall–Kier alpha value is -0.280. The molecular formula is C15H21Cl2NO. The molecule has 1 saturated heterocycles. The molecule has 2 atom stereocenters. The minimum absolute atomic E-state index is 0.467. The van der Waals surface area contributed by atoms with Gasteiger partial charge in [0.05, 0.1) is 6.61 Å². The van der Waals surface area contributed by atoms with Gasteiger partial charge < -0.3 is 10.1 Å². The van der Waals surface area contributed by atoms with Crippen LogP contribution in [0, 0.1) is 5.92 Å². The van der Waals surface area contributed by atoms with Crippen LogP contribution in [0.1, 0.15) is 25.8 Å². The van der Waals surface area contributed by atoms with Gasteiger partial charge in [-0.2, -0.15) is 0 Å². The van der Waals surface area contributed by atoms with E-state index in [4.69, 9.17) is 27.9 Å². The van der Waals surface area contributed by atoms with Crippen molar-refractivity contribution in [3.05, 3.63) is 33.8 Å². The molecule has 1 aromatic rings. The van der Waals surface area contributed by atoms with Crippen molar-refractivity contribution >= 4 is 23.2 Å². The summed E-state index contributed by atoms with van der Waals surface area (Å²) >= 11 is 12.2. The maximum absolute atomic E-state index is 6.26. The molecule has 2 nitrogen and oxygen atoms in total. The lowest BCUT2D eigenvalue weighted by Crippen LogP contribution is -2.46. The first-order valence-corrected chi connectivity index (χ1v) is 7.59. The Labute approximate surface area is 125 Å². The molecule has 1 N–H and O–H groups in total. The van der Waals surface area contributed by atoms with Crippen LogP contribution in [-0.2, 0) is 11.2 Å². The largest absolute Gasteiger partial charge is 0.381 e. The Kier molecular flexibility index (Phi) is 5.52. The van der Waals surface area contributed by atoms with Gasteiger partial charge in [-0.15, -0.1) is 0 Å². The summed E-state index contributed by atoms with van der Waals surface area (Å²) in [6.07, 6.45) is 1.99. The lowest BCUT2D eigenvalue weighted by molar-refractivity contribution is 0.0300. The quantitative estimate of drug-likeness (QED) is 0.909. The Morgan fingerprint density at radius 1 is 1.37 bits per heavy atom. The molecule has 19 heavy (non-hydrogen) atoms. The molecule has 0 aromatic heterocycles. The van der Waals surface area contributed by atoms with E-state index in [1.54, 1.807) is 0 Å². The van der Waals surface area contributed by atoms with Gasteiger partial charge in [0.15, 0.2) is 0 Å². The van der Waals surface area contributed by atoms with Crippen LogP contribution in [0.25, 0.3) is 0 Å². The summed E-state index contributed by atoms with van der Waals surface area (Å²) in [5.41, 5.74) is 1.15. The molecule has 1 aliphatic heterocycles. The molecule has 0 radical (unpaired) electrons. The number of hydrogen-bond acceptors (Lipinski definition) is 2. The molecule has 1 aromatic carbocycles. The number of benzene rings is 1. The van der Waals surface area contributed by atoms with Crippen molar-refractivity contribution in [1.82, 2.24) is 5.32 Å². The molecule has 0 unspecified atom stereocenters.